The zero-order valence-electron chi connectivity index (χ0n) is 10.1. The van der Waals surface area contributed by atoms with Crippen LogP contribution in [0, 0.1) is 12.8 Å². The van der Waals surface area contributed by atoms with Gasteiger partial charge < -0.3 is 9.47 Å². The predicted molar refractivity (Wildman–Crippen MR) is 64.2 cm³/mol. The fourth-order valence-corrected chi connectivity index (χ4v) is 2.03. The number of rotatable bonds is 3. The van der Waals surface area contributed by atoms with Gasteiger partial charge in [-0.15, -0.1) is 0 Å². The van der Waals surface area contributed by atoms with E-state index in [1.807, 2.05) is 0 Å². The number of benzene rings is 1. The molecule has 0 saturated carbocycles. The summed E-state index contributed by atoms with van der Waals surface area (Å²) in [5.41, 5.74) is 2.39. The molecule has 1 aliphatic rings. The van der Waals surface area contributed by atoms with Gasteiger partial charge in [0, 0.05) is 11.5 Å². The van der Waals surface area contributed by atoms with Crippen molar-refractivity contribution >= 4 is 0 Å². The van der Waals surface area contributed by atoms with Crippen LogP contribution in [0.4, 0.5) is 0 Å². The summed E-state index contributed by atoms with van der Waals surface area (Å²) >= 11 is 0. The summed E-state index contributed by atoms with van der Waals surface area (Å²) in [5, 5.41) is 0. The Bertz CT molecular complexity index is 310. The topological polar surface area (TPSA) is 18.5 Å². The zero-order chi connectivity index (χ0) is 11.4. The fraction of sp³-hybridized carbons (Fsp3) is 0.571. The third-order valence-corrected chi connectivity index (χ3v) is 3.01. The number of ether oxygens (including phenoxy) is 2. The van der Waals surface area contributed by atoms with Crippen molar-refractivity contribution in [3.63, 3.8) is 0 Å². The molecular weight excluding hydrogens is 200 g/mol. The SMILES string of the molecule is CCCC1COC(c2ccc(C)cc2)OC1. The molecule has 0 amide bonds. The number of aryl methyl sites for hydroxylation is 1. The fourth-order valence-electron chi connectivity index (χ4n) is 2.03. The third-order valence-electron chi connectivity index (χ3n) is 3.01. The summed E-state index contributed by atoms with van der Waals surface area (Å²) in [6.07, 6.45) is 2.24. The second-order valence-electron chi connectivity index (χ2n) is 4.56. The van der Waals surface area contributed by atoms with Crippen LogP contribution in [0.1, 0.15) is 37.2 Å². The van der Waals surface area contributed by atoms with Crippen molar-refractivity contribution in [3.05, 3.63) is 35.4 Å². The van der Waals surface area contributed by atoms with Gasteiger partial charge in [-0.1, -0.05) is 43.2 Å². The Morgan fingerprint density at radius 3 is 2.31 bits per heavy atom. The molecule has 1 aromatic rings. The van der Waals surface area contributed by atoms with Gasteiger partial charge in [-0.3, -0.25) is 0 Å². The first-order chi connectivity index (χ1) is 7.79. The second-order valence-corrected chi connectivity index (χ2v) is 4.56. The van der Waals surface area contributed by atoms with Gasteiger partial charge in [0.25, 0.3) is 0 Å². The molecule has 0 aromatic heterocycles. The van der Waals surface area contributed by atoms with Crippen molar-refractivity contribution in [2.75, 3.05) is 13.2 Å². The van der Waals surface area contributed by atoms with Crippen LogP contribution in [0.3, 0.4) is 0 Å². The van der Waals surface area contributed by atoms with Gasteiger partial charge in [-0.25, -0.2) is 0 Å². The maximum atomic E-state index is 5.75. The highest BCUT2D eigenvalue weighted by atomic mass is 16.7. The van der Waals surface area contributed by atoms with E-state index >= 15 is 0 Å². The molecule has 1 saturated heterocycles. The summed E-state index contributed by atoms with van der Waals surface area (Å²) in [5.74, 6) is 0.576. The lowest BCUT2D eigenvalue weighted by molar-refractivity contribution is -0.206. The maximum Gasteiger partial charge on any atom is 0.183 e. The van der Waals surface area contributed by atoms with Crippen LogP contribution in [-0.2, 0) is 9.47 Å². The van der Waals surface area contributed by atoms with Crippen LogP contribution in [0.15, 0.2) is 24.3 Å². The van der Waals surface area contributed by atoms with Crippen molar-refractivity contribution in [1.29, 1.82) is 0 Å². The van der Waals surface area contributed by atoms with E-state index in [9.17, 15) is 0 Å². The van der Waals surface area contributed by atoms with Gasteiger partial charge in [0.15, 0.2) is 6.29 Å². The van der Waals surface area contributed by atoms with Crippen molar-refractivity contribution < 1.29 is 9.47 Å². The molecule has 1 aliphatic heterocycles. The van der Waals surface area contributed by atoms with Gasteiger partial charge in [0.1, 0.15) is 0 Å². The first kappa shape index (κ1) is 11.6. The van der Waals surface area contributed by atoms with Gasteiger partial charge in [-0.2, -0.15) is 0 Å². The Kier molecular flexibility index (Phi) is 3.97. The van der Waals surface area contributed by atoms with Crippen molar-refractivity contribution in [3.8, 4) is 0 Å². The van der Waals surface area contributed by atoms with Gasteiger partial charge >= 0.3 is 0 Å². The molecule has 0 atom stereocenters. The molecule has 16 heavy (non-hydrogen) atoms. The Morgan fingerprint density at radius 2 is 1.75 bits per heavy atom. The summed E-state index contributed by atoms with van der Waals surface area (Å²) in [4.78, 5) is 0. The molecule has 2 nitrogen and oxygen atoms in total. The average molecular weight is 220 g/mol. The summed E-state index contributed by atoms with van der Waals surface area (Å²) in [6, 6.07) is 8.36. The molecule has 2 rings (SSSR count). The van der Waals surface area contributed by atoms with Crippen LogP contribution in [-0.4, -0.2) is 13.2 Å². The van der Waals surface area contributed by atoms with E-state index in [1.165, 1.54) is 18.4 Å². The molecule has 0 aliphatic carbocycles. The standard InChI is InChI=1S/C14H20O2/c1-3-4-12-9-15-14(16-10-12)13-7-5-11(2)6-8-13/h5-8,12,14H,3-4,9-10H2,1-2H3. The van der Waals surface area contributed by atoms with E-state index in [0.29, 0.717) is 5.92 Å². The summed E-state index contributed by atoms with van der Waals surface area (Å²) in [6.45, 7) is 5.94. The number of hydrogen-bond donors (Lipinski definition) is 0. The number of hydrogen-bond acceptors (Lipinski definition) is 2. The summed E-state index contributed by atoms with van der Waals surface area (Å²) in [7, 11) is 0. The van der Waals surface area contributed by atoms with E-state index < -0.39 is 0 Å². The van der Waals surface area contributed by atoms with E-state index in [0.717, 1.165) is 18.8 Å². The van der Waals surface area contributed by atoms with E-state index in [1.54, 1.807) is 0 Å². The molecule has 2 heteroatoms. The Balaban J connectivity index is 1.91. The van der Waals surface area contributed by atoms with Crippen LogP contribution < -0.4 is 0 Å². The summed E-state index contributed by atoms with van der Waals surface area (Å²) < 4.78 is 11.5. The highest BCUT2D eigenvalue weighted by Gasteiger charge is 2.22. The van der Waals surface area contributed by atoms with Crippen molar-refractivity contribution in [2.45, 2.75) is 33.0 Å². The molecule has 1 aromatic carbocycles. The van der Waals surface area contributed by atoms with E-state index in [-0.39, 0.29) is 6.29 Å². The molecule has 88 valence electrons. The first-order valence-corrected chi connectivity index (χ1v) is 6.09. The lowest BCUT2D eigenvalue weighted by Crippen LogP contribution is -2.26. The molecule has 1 fully saturated rings. The van der Waals surface area contributed by atoms with Crippen molar-refractivity contribution in [1.82, 2.24) is 0 Å². The van der Waals surface area contributed by atoms with Crippen LogP contribution in [0.5, 0.6) is 0 Å². The lowest BCUT2D eigenvalue weighted by atomic mass is 10.0. The normalized spacial score (nSPS) is 25.6. The Morgan fingerprint density at radius 1 is 1.12 bits per heavy atom. The molecule has 0 radical (unpaired) electrons. The van der Waals surface area contributed by atoms with Crippen LogP contribution in [0.25, 0.3) is 0 Å². The zero-order valence-corrected chi connectivity index (χ0v) is 10.1. The average Bonchev–Trinajstić information content (AvgIpc) is 2.32. The molecule has 0 spiro atoms. The second kappa shape index (κ2) is 5.46. The van der Waals surface area contributed by atoms with Gasteiger partial charge in [-0.05, 0) is 13.3 Å². The minimum Gasteiger partial charge on any atom is -0.348 e. The highest BCUT2D eigenvalue weighted by Crippen LogP contribution is 2.26. The maximum absolute atomic E-state index is 5.75. The minimum absolute atomic E-state index is 0.159. The molecule has 0 unspecified atom stereocenters. The highest BCUT2D eigenvalue weighted by molar-refractivity contribution is 5.22. The smallest absolute Gasteiger partial charge is 0.183 e. The van der Waals surface area contributed by atoms with Crippen LogP contribution >= 0.6 is 0 Å². The predicted octanol–water partition coefficient (Wildman–Crippen LogP) is 3.46. The van der Waals surface area contributed by atoms with Gasteiger partial charge in [0.05, 0.1) is 13.2 Å². The quantitative estimate of drug-likeness (QED) is 0.776. The van der Waals surface area contributed by atoms with Gasteiger partial charge in [0.2, 0.25) is 0 Å². The monoisotopic (exact) mass is 220 g/mol. The molecule has 0 bridgehead atoms. The molecule has 1 heterocycles. The third kappa shape index (κ3) is 2.83. The minimum atomic E-state index is -0.159. The van der Waals surface area contributed by atoms with Crippen molar-refractivity contribution in [2.24, 2.45) is 5.92 Å². The molecule has 0 N–H and O–H groups in total. The van der Waals surface area contributed by atoms with Crippen LogP contribution in [0.2, 0.25) is 0 Å². The largest absolute Gasteiger partial charge is 0.348 e. The Labute approximate surface area is 97.6 Å². The van der Waals surface area contributed by atoms with E-state index in [4.69, 9.17) is 9.47 Å². The first-order valence-electron chi connectivity index (χ1n) is 6.09. The van der Waals surface area contributed by atoms with E-state index in [2.05, 4.69) is 38.1 Å². The molecular formula is C14H20O2. The Hall–Kier alpha value is -0.860. The lowest BCUT2D eigenvalue weighted by Gasteiger charge is -2.29.